The molecule has 0 aliphatic rings. The number of aromatic hydroxyl groups is 1. The van der Waals surface area contributed by atoms with E-state index in [1.165, 1.54) is 30.6 Å². The summed E-state index contributed by atoms with van der Waals surface area (Å²) >= 11 is 4.80. The fraction of sp³-hybridized carbons (Fsp3) is 0.333. The number of phenolic OH excluding ortho intramolecular Hbond substituents is 1. The minimum Gasteiger partial charge on any atom is -0.505 e. The number of esters is 1. The van der Waals surface area contributed by atoms with Gasteiger partial charge in [-0.1, -0.05) is 19.4 Å². The zero-order valence-electron chi connectivity index (χ0n) is 14.3. The van der Waals surface area contributed by atoms with Gasteiger partial charge in [-0.15, -0.1) is 11.3 Å². The molecular formula is C18H19BrFNO4S. The van der Waals surface area contributed by atoms with E-state index in [1.807, 2.05) is 0 Å². The molecule has 5 nitrogen and oxygen atoms in total. The largest absolute Gasteiger partial charge is 0.505 e. The van der Waals surface area contributed by atoms with Crippen molar-refractivity contribution in [1.82, 2.24) is 5.32 Å². The first-order valence-corrected chi connectivity index (χ1v) is 9.61. The number of thiophene rings is 1. The van der Waals surface area contributed by atoms with Crippen LogP contribution < -0.4 is 5.32 Å². The lowest BCUT2D eigenvalue weighted by molar-refractivity contribution is -0.142. The van der Waals surface area contributed by atoms with Crippen LogP contribution in [0.3, 0.4) is 0 Å². The van der Waals surface area contributed by atoms with Gasteiger partial charge in [0, 0.05) is 15.8 Å². The maximum Gasteiger partial charge on any atom is 0.328 e. The molecule has 0 aliphatic carbocycles. The number of carbonyl (C=O) groups is 2. The highest BCUT2D eigenvalue weighted by Gasteiger charge is 2.24. The van der Waals surface area contributed by atoms with Gasteiger partial charge in [0.2, 0.25) is 0 Å². The Morgan fingerprint density at radius 1 is 1.38 bits per heavy atom. The zero-order chi connectivity index (χ0) is 19.3. The van der Waals surface area contributed by atoms with Gasteiger partial charge in [-0.3, -0.25) is 4.79 Å². The van der Waals surface area contributed by atoms with Gasteiger partial charge in [-0.05, 0) is 46.1 Å². The van der Waals surface area contributed by atoms with Crippen LogP contribution >= 0.6 is 27.3 Å². The summed E-state index contributed by atoms with van der Waals surface area (Å²) < 4.78 is 19.1. The number of halogens is 2. The van der Waals surface area contributed by atoms with E-state index in [0.717, 1.165) is 28.3 Å². The molecule has 2 aromatic rings. The molecule has 0 saturated carbocycles. The second kappa shape index (κ2) is 9.14. The van der Waals surface area contributed by atoms with Crippen LogP contribution in [0, 0.1) is 5.82 Å². The van der Waals surface area contributed by atoms with Gasteiger partial charge in [-0.2, -0.15) is 0 Å². The summed E-state index contributed by atoms with van der Waals surface area (Å²) in [4.78, 5) is 26.1. The SMILES string of the molecule is CCCc1sc(C(=O)NC(Cc2ccc(O)c(F)c2)C(=O)OC)cc1Br. The van der Waals surface area contributed by atoms with Crippen LogP contribution in [0.1, 0.15) is 33.5 Å². The van der Waals surface area contributed by atoms with Crippen LogP contribution in [0.5, 0.6) is 5.75 Å². The van der Waals surface area contributed by atoms with Crippen molar-refractivity contribution in [2.75, 3.05) is 7.11 Å². The third-order valence-electron chi connectivity index (χ3n) is 3.70. The molecule has 0 radical (unpaired) electrons. The van der Waals surface area contributed by atoms with Crippen molar-refractivity contribution in [3.05, 3.63) is 49.9 Å². The molecule has 8 heteroatoms. The molecule has 1 amide bonds. The van der Waals surface area contributed by atoms with E-state index in [2.05, 4.69) is 28.2 Å². The summed E-state index contributed by atoms with van der Waals surface area (Å²) in [5.41, 5.74) is 0.454. The van der Waals surface area contributed by atoms with E-state index >= 15 is 0 Å². The molecular weight excluding hydrogens is 425 g/mol. The summed E-state index contributed by atoms with van der Waals surface area (Å²) in [6.45, 7) is 2.05. The van der Waals surface area contributed by atoms with E-state index in [1.54, 1.807) is 6.07 Å². The predicted molar refractivity (Wildman–Crippen MR) is 101 cm³/mol. The Bertz CT molecular complexity index is 808. The molecule has 1 atom stereocenters. The van der Waals surface area contributed by atoms with Gasteiger partial charge in [0.25, 0.3) is 5.91 Å². The third kappa shape index (κ3) is 5.04. The van der Waals surface area contributed by atoms with Crippen molar-refractivity contribution in [3.8, 4) is 5.75 Å². The monoisotopic (exact) mass is 443 g/mol. The number of amides is 1. The van der Waals surface area contributed by atoms with Crippen LogP contribution in [0.15, 0.2) is 28.7 Å². The van der Waals surface area contributed by atoms with Crippen LogP contribution in [0.2, 0.25) is 0 Å². The molecule has 1 unspecified atom stereocenters. The molecule has 2 rings (SSSR count). The van der Waals surface area contributed by atoms with Crippen molar-refractivity contribution in [3.63, 3.8) is 0 Å². The van der Waals surface area contributed by atoms with E-state index in [9.17, 15) is 19.1 Å². The Hall–Kier alpha value is -1.93. The average molecular weight is 444 g/mol. The van der Waals surface area contributed by atoms with Gasteiger partial charge in [-0.25, -0.2) is 9.18 Å². The number of rotatable bonds is 7. The van der Waals surface area contributed by atoms with Crippen LogP contribution in [0.25, 0.3) is 0 Å². The quantitative estimate of drug-likeness (QED) is 0.637. The molecule has 1 heterocycles. The van der Waals surface area contributed by atoms with E-state index in [0.29, 0.717) is 10.4 Å². The van der Waals surface area contributed by atoms with Gasteiger partial charge < -0.3 is 15.2 Å². The Morgan fingerprint density at radius 2 is 2.12 bits per heavy atom. The second-order valence-electron chi connectivity index (χ2n) is 5.67. The summed E-state index contributed by atoms with van der Waals surface area (Å²) in [7, 11) is 1.22. The lowest BCUT2D eigenvalue weighted by Crippen LogP contribution is -2.42. The molecule has 140 valence electrons. The van der Waals surface area contributed by atoms with E-state index in [-0.39, 0.29) is 6.42 Å². The van der Waals surface area contributed by atoms with Gasteiger partial charge in [0.15, 0.2) is 11.6 Å². The summed E-state index contributed by atoms with van der Waals surface area (Å²) in [5.74, 6) is -2.29. The second-order valence-corrected chi connectivity index (χ2v) is 7.66. The molecule has 0 fully saturated rings. The number of benzene rings is 1. The zero-order valence-corrected chi connectivity index (χ0v) is 16.7. The standard InChI is InChI=1S/C18H19BrFNO4S/c1-3-4-15-11(19)9-16(26-15)17(23)21-13(18(24)25-2)8-10-5-6-14(22)12(20)7-10/h5-7,9,13,22H,3-4,8H2,1-2H3,(H,21,23). The first-order valence-electron chi connectivity index (χ1n) is 8.00. The lowest BCUT2D eigenvalue weighted by atomic mass is 10.1. The fourth-order valence-electron chi connectivity index (χ4n) is 2.39. The maximum absolute atomic E-state index is 13.5. The normalized spacial score (nSPS) is 11.8. The minimum absolute atomic E-state index is 0.0456. The van der Waals surface area contributed by atoms with Crippen LogP contribution in [-0.2, 0) is 22.4 Å². The van der Waals surface area contributed by atoms with E-state index in [4.69, 9.17) is 4.74 Å². The Balaban J connectivity index is 2.16. The van der Waals surface area contributed by atoms with Gasteiger partial charge >= 0.3 is 5.97 Å². The molecule has 0 bridgehead atoms. The molecule has 1 aromatic heterocycles. The Morgan fingerprint density at radius 3 is 2.73 bits per heavy atom. The summed E-state index contributed by atoms with van der Waals surface area (Å²) in [6.07, 6.45) is 1.85. The molecule has 1 aromatic carbocycles. The highest BCUT2D eigenvalue weighted by molar-refractivity contribution is 9.10. The van der Waals surface area contributed by atoms with Crippen molar-refractivity contribution in [1.29, 1.82) is 0 Å². The average Bonchev–Trinajstić information content (AvgIpc) is 2.98. The number of carbonyl (C=O) groups excluding carboxylic acids is 2. The number of methoxy groups -OCH3 is 1. The van der Waals surface area contributed by atoms with Crippen LogP contribution in [-0.4, -0.2) is 30.1 Å². The van der Waals surface area contributed by atoms with Crippen molar-refractivity contribution < 1.29 is 23.8 Å². The number of hydrogen-bond donors (Lipinski definition) is 2. The first-order chi connectivity index (χ1) is 12.3. The first kappa shape index (κ1) is 20.4. The fourth-order valence-corrected chi connectivity index (χ4v) is 4.27. The summed E-state index contributed by atoms with van der Waals surface area (Å²) in [6, 6.07) is 4.57. The highest BCUT2D eigenvalue weighted by atomic mass is 79.9. The molecule has 0 saturated heterocycles. The maximum atomic E-state index is 13.5. The minimum atomic E-state index is -0.966. The number of hydrogen-bond acceptors (Lipinski definition) is 5. The molecule has 0 spiro atoms. The van der Waals surface area contributed by atoms with Crippen molar-refractivity contribution >= 4 is 39.1 Å². The number of aryl methyl sites for hydroxylation is 1. The third-order valence-corrected chi connectivity index (χ3v) is 5.86. The Kier molecular flexibility index (Phi) is 7.16. The molecule has 26 heavy (non-hydrogen) atoms. The predicted octanol–water partition coefficient (Wildman–Crippen LogP) is 3.82. The number of phenols is 1. The van der Waals surface area contributed by atoms with Gasteiger partial charge in [0.05, 0.1) is 12.0 Å². The smallest absolute Gasteiger partial charge is 0.328 e. The Labute approximate surface area is 163 Å². The lowest BCUT2D eigenvalue weighted by Gasteiger charge is -2.16. The topological polar surface area (TPSA) is 75.6 Å². The summed E-state index contributed by atoms with van der Waals surface area (Å²) in [5, 5.41) is 11.9. The molecule has 0 aliphatic heterocycles. The number of nitrogens with one attached hydrogen (secondary N) is 1. The van der Waals surface area contributed by atoms with Crippen LogP contribution in [0.4, 0.5) is 4.39 Å². The molecule has 2 N–H and O–H groups in total. The number of ether oxygens (including phenoxy) is 1. The highest BCUT2D eigenvalue weighted by Crippen LogP contribution is 2.28. The van der Waals surface area contributed by atoms with E-state index < -0.39 is 29.5 Å². The van der Waals surface area contributed by atoms with Crippen molar-refractivity contribution in [2.45, 2.75) is 32.2 Å². The van der Waals surface area contributed by atoms with Crippen molar-refractivity contribution in [2.24, 2.45) is 0 Å². The van der Waals surface area contributed by atoms with Gasteiger partial charge in [0.1, 0.15) is 6.04 Å².